The molecule has 0 aliphatic carbocycles. The number of ether oxygens (including phenoxy) is 2. The van der Waals surface area contributed by atoms with Gasteiger partial charge in [0, 0.05) is 10.4 Å². The number of benzene rings is 3. The molecule has 0 bridgehead atoms. The van der Waals surface area contributed by atoms with E-state index >= 15 is 0 Å². The predicted molar refractivity (Wildman–Crippen MR) is 147 cm³/mol. The van der Waals surface area contributed by atoms with Crippen molar-refractivity contribution in [1.29, 1.82) is 0 Å². The molecule has 1 saturated heterocycles. The highest BCUT2D eigenvalue weighted by Gasteiger charge is 2.46. The van der Waals surface area contributed by atoms with E-state index in [-0.39, 0.29) is 24.0 Å². The fourth-order valence-corrected chi connectivity index (χ4v) is 5.15. The lowest BCUT2D eigenvalue weighted by atomic mass is 9.95. The first-order valence-electron chi connectivity index (χ1n) is 12.3. The topological polar surface area (TPSA) is 76.1 Å². The summed E-state index contributed by atoms with van der Waals surface area (Å²) in [6.07, 6.45) is 0.00223. The number of likely N-dealkylation sites (tertiary alicyclic amines) is 1. The Morgan fingerprint density at radius 2 is 1.63 bits per heavy atom. The molecule has 5 rings (SSSR count). The number of hydrogen-bond donors (Lipinski definition) is 1. The molecule has 3 aromatic carbocycles. The van der Waals surface area contributed by atoms with E-state index in [1.54, 1.807) is 30.3 Å². The number of Topliss-reactive ketones (excluding diaryl/α,β-unsaturated/α-hetero) is 1. The summed E-state index contributed by atoms with van der Waals surface area (Å²) in [6, 6.07) is 26.5. The van der Waals surface area contributed by atoms with Gasteiger partial charge in [0.1, 0.15) is 23.0 Å². The average Bonchev–Trinajstić information content (AvgIpc) is 3.52. The normalized spacial score (nSPS) is 16.7. The first kappa shape index (κ1) is 25.3. The zero-order valence-electron chi connectivity index (χ0n) is 21.0. The van der Waals surface area contributed by atoms with Crippen LogP contribution in [0.25, 0.3) is 5.76 Å². The van der Waals surface area contributed by atoms with Crippen LogP contribution in [0.1, 0.15) is 35.9 Å². The van der Waals surface area contributed by atoms with Crippen LogP contribution in [0, 0.1) is 0 Å². The molecule has 2 heterocycles. The van der Waals surface area contributed by atoms with E-state index in [9.17, 15) is 14.7 Å². The Balaban J connectivity index is 1.57. The smallest absolute Gasteiger partial charge is 0.295 e. The molecule has 1 aliphatic heterocycles. The highest BCUT2D eigenvalue weighted by Crippen LogP contribution is 2.42. The number of ketones is 1. The molecule has 38 heavy (non-hydrogen) atoms. The van der Waals surface area contributed by atoms with Gasteiger partial charge in [0.15, 0.2) is 0 Å². The van der Waals surface area contributed by atoms with Gasteiger partial charge in [0.2, 0.25) is 0 Å². The minimum Gasteiger partial charge on any atom is -0.507 e. The molecule has 1 atom stereocenters. The maximum Gasteiger partial charge on any atom is 0.295 e. The molecular formula is C31H27NO5S. The van der Waals surface area contributed by atoms with Crippen molar-refractivity contribution in [2.24, 2.45) is 0 Å². The largest absolute Gasteiger partial charge is 0.507 e. The summed E-state index contributed by atoms with van der Waals surface area (Å²) in [5, 5.41) is 13.3. The molecule has 1 N–H and O–H groups in total. The molecular weight excluding hydrogens is 498 g/mol. The van der Waals surface area contributed by atoms with Gasteiger partial charge in [0.25, 0.3) is 11.7 Å². The molecule has 1 aliphatic rings. The third kappa shape index (κ3) is 5.33. The number of para-hydroxylation sites is 1. The van der Waals surface area contributed by atoms with Crippen LogP contribution in [0.5, 0.6) is 17.2 Å². The van der Waals surface area contributed by atoms with Crippen LogP contribution >= 0.6 is 11.3 Å². The van der Waals surface area contributed by atoms with Crippen molar-refractivity contribution in [3.8, 4) is 17.2 Å². The first-order chi connectivity index (χ1) is 18.4. The van der Waals surface area contributed by atoms with Gasteiger partial charge in [-0.15, -0.1) is 11.3 Å². The van der Waals surface area contributed by atoms with Gasteiger partial charge >= 0.3 is 0 Å². The minimum absolute atomic E-state index is 0.00223. The average molecular weight is 526 g/mol. The summed E-state index contributed by atoms with van der Waals surface area (Å²) in [7, 11) is 0. The molecule has 7 heteroatoms. The SMILES string of the molecule is CC(C)Oc1ccc(/C(O)=C2/C(=O)C(=O)N(Cc3cccs3)C2c2cccc(Oc3ccccc3)c2)cc1. The Morgan fingerprint density at radius 3 is 2.32 bits per heavy atom. The van der Waals surface area contributed by atoms with E-state index in [1.807, 2.05) is 79.9 Å². The second kappa shape index (κ2) is 10.9. The lowest BCUT2D eigenvalue weighted by Gasteiger charge is -2.25. The van der Waals surface area contributed by atoms with Gasteiger partial charge in [-0.1, -0.05) is 36.4 Å². The number of carbonyl (C=O) groups is 2. The highest BCUT2D eigenvalue weighted by atomic mass is 32.1. The second-order valence-electron chi connectivity index (χ2n) is 9.18. The Kier molecular flexibility index (Phi) is 7.29. The number of amides is 1. The third-order valence-electron chi connectivity index (χ3n) is 6.10. The Labute approximate surface area is 225 Å². The van der Waals surface area contributed by atoms with Gasteiger partial charge in [-0.25, -0.2) is 0 Å². The summed E-state index contributed by atoms with van der Waals surface area (Å²) in [4.78, 5) is 29.1. The first-order valence-corrected chi connectivity index (χ1v) is 13.2. The standard InChI is InChI=1S/C31H27NO5S/c1-20(2)36-24-15-13-21(14-16-24)29(33)27-28(32(31(35)30(27)34)19-26-12-7-17-38-26)22-8-6-11-25(18-22)37-23-9-4-3-5-10-23/h3-18,20,28,33H,19H2,1-2H3/b29-27-. The van der Waals surface area contributed by atoms with Crippen LogP contribution < -0.4 is 9.47 Å². The number of nitrogens with zero attached hydrogens (tertiary/aromatic N) is 1. The zero-order valence-corrected chi connectivity index (χ0v) is 21.9. The molecule has 0 spiro atoms. The summed E-state index contributed by atoms with van der Waals surface area (Å²) in [6.45, 7) is 4.10. The third-order valence-corrected chi connectivity index (χ3v) is 6.96. The fourth-order valence-electron chi connectivity index (χ4n) is 4.45. The quantitative estimate of drug-likeness (QED) is 0.153. The molecule has 4 aromatic rings. The van der Waals surface area contributed by atoms with Crippen LogP contribution in [0.4, 0.5) is 0 Å². The second-order valence-corrected chi connectivity index (χ2v) is 10.2. The Bertz CT molecular complexity index is 1460. The van der Waals surface area contributed by atoms with Crippen molar-refractivity contribution in [2.75, 3.05) is 0 Å². The summed E-state index contributed by atoms with van der Waals surface area (Å²) < 4.78 is 11.7. The molecule has 1 aromatic heterocycles. The van der Waals surface area contributed by atoms with Crippen molar-refractivity contribution >= 4 is 28.8 Å². The summed E-state index contributed by atoms with van der Waals surface area (Å²) >= 11 is 1.51. The number of rotatable bonds is 8. The van der Waals surface area contributed by atoms with E-state index < -0.39 is 17.7 Å². The highest BCUT2D eigenvalue weighted by molar-refractivity contribution is 7.09. The van der Waals surface area contributed by atoms with Gasteiger partial charge < -0.3 is 19.5 Å². The molecule has 1 amide bonds. The van der Waals surface area contributed by atoms with E-state index in [1.165, 1.54) is 16.2 Å². The van der Waals surface area contributed by atoms with Crippen molar-refractivity contribution < 1.29 is 24.2 Å². The maximum absolute atomic E-state index is 13.4. The lowest BCUT2D eigenvalue weighted by molar-refractivity contribution is -0.140. The van der Waals surface area contributed by atoms with E-state index in [2.05, 4.69) is 0 Å². The number of carbonyl (C=O) groups excluding carboxylic acids is 2. The zero-order chi connectivity index (χ0) is 26.6. The Morgan fingerprint density at radius 1 is 0.895 bits per heavy atom. The molecule has 6 nitrogen and oxygen atoms in total. The number of hydrogen-bond acceptors (Lipinski definition) is 6. The fraction of sp³-hybridized carbons (Fsp3) is 0.161. The van der Waals surface area contributed by atoms with Gasteiger partial charge in [-0.2, -0.15) is 0 Å². The van der Waals surface area contributed by atoms with Crippen molar-refractivity contribution in [1.82, 2.24) is 4.90 Å². The predicted octanol–water partition coefficient (Wildman–Crippen LogP) is 6.95. The van der Waals surface area contributed by atoms with Crippen LogP contribution in [-0.4, -0.2) is 27.8 Å². The molecule has 0 radical (unpaired) electrons. The number of aliphatic hydroxyl groups excluding tert-OH is 1. The molecule has 1 unspecified atom stereocenters. The van der Waals surface area contributed by atoms with E-state index in [0.717, 1.165) is 4.88 Å². The molecule has 1 fully saturated rings. The van der Waals surface area contributed by atoms with Gasteiger partial charge in [-0.05, 0) is 79.4 Å². The van der Waals surface area contributed by atoms with Crippen LogP contribution in [-0.2, 0) is 16.1 Å². The number of thiophene rings is 1. The van der Waals surface area contributed by atoms with Gasteiger partial charge in [-0.3, -0.25) is 9.59 Å². The van der Waals surface area contributed by atoms with Crippen LogP contribution in [0.15, 0.2) is 102 Å². The van der Waals surface area contributed by atoms with Crippen molar-refractivity contribution in [2.45, 2.75) is 32.5 Å². The molecule has 192 valence electrons. The van der Waals surface area contributed by atoms with E-state index in [4.69, 9.17) is 9.47 Å². The number of aliphatic hydroxyl groups is 1. The van der Waals surface area contributed by atoms with Crippen LogP contribution in [0.2, 0.25) is 0 Å². The monoisotopic (exact) mass is 525 g/mol. The van der Waals surface area contributed by atoms with Crippen molar-refractivity contribution in [3.63, 3.8) is 0 Å². The van der Waals surface area contributed by atoms with E-state index in [0.29, 0.717) is 28.4 Å². The minimum atomic E-state index is -0.789. The van der Waals surface area contributed by atoms with Crippen molar-refractivity contribution in [3.05, 3.63) is 118 Å². The summed E-state index contributed by atoms with van der Waals surface area (Å²) in [5.41, 5.74) is 1.13. The maximum atomic E-state index is 13.4. The van der Waals surface area contributed by atoms with Gasteiger partial charge in [0.05, 0.1) is 24.3 Å². The Hall–Kier alpha value is -4.36. The molecule has 0 saturated carbocycles. The lowest BCUT2D eigenvalue weighted by Crippen LogP contribution is -2.28. The summed E-state index contributed by atoms with van der Waals surface area (Å²) in [5.74, 6) is 0.274. The van der Waals surface area contributed by atoms with Crippen LogP contribution in [0.3, 0.4) is 0 Å².